The summed E-state index contributed by atoms with van der Waals surface area (Å²) in [6.45, 7) is 3.76. The lowest BCUT2D eigenvalue weighted by atomic mass is 10.1. The minimum Gasteiger partial charge on any atom is -0.461 e. The Morgan fingerprint density at radius 2 is 1.55 bits per heavy atom. The van der Waals surface area contributed by atoms with E-state index in [0.29, 0.717) is 11.1 Å². The third kappa shape index (κ3) is 5.47. The standard InChI is InChI=1S/C22H22O6S/c1-2-13-26-19-18(28-21(24)16-11-7-4-8-12-16)17(29-22(19)25)14-27-20(23)15-9-5-3-6-10-15/h2-12,17-19,22,25H,1,13-14H2/t17-,18+,19-,22?/m1/s1. The molecule has 1 saturated heterocycles. The van der Waals surface area contributed by atoms with Crippen LogP contribution in [0.25, 0.3) is 0 Å². The summed E-state index contributed by atoms with van der Waals surface area (Å²) < 4.78 is 16.7. The van der Waals surface area contributed by atoms with E-state index in [-0.39, 0.29) is 13.2 Å². The monoisotopic (exact) mass is 414 g/mol. The van der Waals surface area contributed by atoms with Crippen molar-refractivity contribution in [1.82, 2.24) is 0 Å². The smallest absolute Gasteiger partial charge is 0.338 e. The molecule has 7 heteroatoms. The molecule has 4 atom stereocenters. The first kappa shape index (κ1) is 21.1. The van der Waals surface area contributed by atoms with Crippen molar-refractivity contribution >= 4 is 23.7 Å². The summed E-state index contributed by atoms with van der Waals surface area (Å²) in [5.41, 5.74) is -0.112. The average molecular weight is 414 g/mol. The quantitative estimate of drug-likeness (QED) is 0.525. The van der Waals surface area contributed by atoms with E-state index in [0.717, 1.165) is 11.8 Å². The van der Waals surface area contributed by atoms with Crippen LogP contribution < -0.4 is 0 Å². The van der Waals surface area contributed by atoms with Gasteiger partial charge in [-0.25, -0.2) is 9.59 Å². The summed E-state index contributed by atoms with van der Waals surface area (Å²) in [5, 5.41) is 9.92. The summed E-state index contributed by atoms with van der Waals surface area (Å²) >= 11 is 1.15. The predicted molar refractivity (Wildman–Crippen MR) is 110 cm³/mol. The Labute approximate surface area is 173 Å². The molecule has 152 valence electrons. The zero-order chi connectivity index (χ0) is 20.6. The van der Waals surface area contributed by atoms with Gasteiger partial charge in [0.25, 0.3) is 0 Å². The lowest BCUT2D eigenvalue weighted by Gasteiger charge is -2.24. The number of aliphatic hydroxyl groups is 1. The zero-order valence-electron chi connectivity index (χ0n) is 15.7. The number of carbonyl (C=O) groups is 2. The van der Waals surface area contributed by atoms with Gasteiger partial charge in [-0.2, -0.15) is 0 Å². The second-order valence-corrected chi connectivity index (χ2v) is 7.71. The normalized spacial score (nSPS) is 23.3. The molecular weight excluding hydrogens is 392 g/mol. The van der Waals surface area contributed by atoms with Crippen LogP contribution in [-0.4, -0.2) is 53.2 Å². The van der Waals surface area contributed by atoms with Crippen molar-refractivity contribution in [3.63, 3.8) is 0 Å². The molecule has 0 saturated carbocycles. The lowest BCUT2D eigenvalue weighted by molar-refractivity contribution is -0.0685. The second kappa shape index (κ2) is 10.2. The summed E-state index contributed by atoms with van der Waals surface area (Å²) in [4.78, 5) is 24.8. The fraction of sp³-hybridized carbons (Fsp3) is 0.273. The van der Waals surface area contributed by atoms with Crippen molar-refractivity contribution < 1.29 is 28.9 Å². The molecule has 29 heavy (non-hydrogen) atoms. The molecule has 0 amide bonds. The van der Waals surface area contributed by atoms with E-state index in [9.17, 15) is 14.7 Å². The lowest BCUT2D eigenvalue weighted by Crippen LogP contribution is -2.40. The van der Waals surface area contributed by atoms with Crippen molar-refractivity contribution in [1.29, 1.82) is 0 Å². The highest BCUT2D eigenvalue weighted by Crippen LogP contribution is 2.37. The minimum atomic E-state index is -0.927. The molecular formula is C22H22O6S. The van der Waals surface area contributed by atoms with Crippen LogP contribution in [0.4, 0.5) is 0 Å². The maximum absolute atomic E-state index is 12.5. The van der Waals surface area contributed by atoms with Crippen LogP contribution in [0.2, 0.25) is 0 Å². The van der Waals surface area contributed by atoms with Crippen LogP contribution in [0.15, 0.2) is 73.3 Å². The highest BCUT2D eigenvalue weighted by atomic mass is 32.2. The Balaban J connectivity index is 1.70. The third-order valence-electron chi connectivity index (χ3n) is 4.33. The van der Waals surface area contributed by atoms with Gasteiger partial charge in [0.15, 0.2) is 0 Å². The van der Waals surface area contributed by atoms with E-state index in [4.69, 9.17) is 14.2 Å². The van der Waals surface area contributed by atoms with Gasteiger partial charge in [-0.1, -0.05) is 42.5 Å². The van der Waals surface area contributed by atoms with Crippen LogP contribution in [-0.2, 0) is 14.2 Å². The van der Waals surface area contributed by atoms with Gasteiger partial charge >= 0.3 is 11.9 Å². The number of carbonyl (C=O) groups excluding carboxylic acids is 2. The fourth-order valence-electron chi connectivity index (χ4n) is 2.92. The topological polar surface area (TPSA) is 82.1 Å². The van der Waals surface area contributed by atoms with Crippen LogP contribution in [0.3, 0.4) is 0 Å². The van der Waals surface area contributed by atoms with E-state index in [1.165, 1.54) is 0 Å². The molecule has 1 unspecified atom stereocenters. The van der Waals surface area contributed by atoms with Crippen molar-refractivity contribution in [3.05, 3.63) is 84.4 Å². The average Bonchev–Trinajstić information content (AvgIpc) is 3.05. The molecule has 2 aromatic rings. The third-order valence-corrected chi connectivity index (χ3v) is 5.63. The van der Waals surface area contributed by atoms with E-state index in [1.54, 1.807) is 66.7 Å². The van der Waals surface area contributed by atoms with Crippen LogP contribution in [0.1, 0.15) is 20.7 Å². The Morgan fingerprint density at radius 3 is 2.14 bits per heavy atom. The van der Waals surface area contributed by atoms with Gasteiger partial charge in [0.2, 0.25) is 0 Å². The van der Waals surface area contributed by atoms with Gasteiger partial charge < -0.3 is 19.3 Å². The van der Waals surface area contributed by atoms with E-state index in [2.05, 4.69) is 6.58 Å². The van der Waals surface area contributed by atoms with Crippen LogP contribution >= 0.6 is 11.8 Å². The van der Waals surface area contributed by atoms with Crippen molar-refractivity contribution in [2.45, 2.75) is 22.9 Å². The Bertz CT molecular complexity index is 826. The molecule has 6 nitrogen and oxygen atoms in total. The molecule has 0 aliphatic carbocycles. The fourth-order valence-corrected chi connectivity index (χ4v) is 4.18. The largest absolute Gasteiger partial charge is 0.461 e. The molecule has 3 rings (SSSR count). The molecule has 0 spiro atoms. The van der Waals surface area contributed by atoms with Crippen molar-refractivity contribution in [3.8, 4) is 0 Å². The SMILES string of the molecule is C=CCO[C@H]1C(O)S[C@H](COC(=O)c2ccccc2)[C@@H]1OC(=O)c1ccccc1. The van der Waals surface area contributed by atoms with Crippen molar-refractivity contribution in [2.24, 2.45) is 0 Å². The Hall–Kier alpha value is -2.61. The highest BCUT2D eigenvalue weighted by molar-refractivity contribution is 8.00. The molecule has 1 N–H and O–H groups in total. The molecule has 1 aliphatic heterocycles. The van der Waals surface area contributed by atoms with E-state index in [1.807, 2.05) is 0 Å². The summed E-state index contributed by atoms with van der Waals surface area (Å²) in [6, 6.07) is 17.2. The van der Waals surface area contributed by atoms with Gasteiger partial charge in [0.05, 0.1) is 23.0 Å². The first-order valence-electron chi connectivity index (χ1n) is 9.14. The number of benzene rings is 2. The number of hydrogen-bond donors (Lipinski definition) is 1. The summed E-state index contributed by atoms with van der Waals surface area (Å²) in [5.74, 6) is -1.01. The molecule has 1 aliphatic rings. The number of aliphatic hydroxyl groups excluding tert-OH is 1. The number of thioether (sulfide) groups is 1. The van der Waals surface area contributed by atoms with E-state index < -0.39 is 34.8 Å². The molecule has 0 radical (unpaired) electrons. The zero-order valence-corrected chi connectivity index (χ0v) is 16.5. The van der Waals surface area contributed by atoms with Gasteiger partial charge in [0, 0.05) is 0 Å². The molecule has 1 heterocycles. The van der Waals surface area contributed by atoms with Gasteiger partial charge in [0.1, 0.15) is 24.3 Å². The molecule has 0 bridgehead atoms. The Kier molecular flexibility index (Phi) is 7.46. The number of ether oxygens (including phenoxy) is 3. The second-order valence-electron chi connectivity index (χ2n) is 6.35. The first-order chi connectivity index (χ1) is 14.1. The van der Waals surface area contributed by atoms with E-state index >= 15 is 0 Å². The molecule has 1 fully saturated rings. The number of esters is 2. The maximum Gasteiger partial charge on any atom is 0.338 e. The van der Waals surface area contributed by atoms with Gasteiger partial charge in [-0.05, 0) is 24.3 Å². The molecule has 0 aromatic heterocycles. The maximum atomic E-state index is 12.5. The number of hydrogen-bond acceptors (Lipinski definition) is 7. The Morgan fingerprint density at radius 1 is 0.966 bits per heavy atom. The minimum absolute atomic E-state index is 0.0316. The van der Waals surface area contributed by atoms with Crippen LogP contribution in [0.5, 0.6) is 0 Å². The van der Waals surface area contributed by atoms with Gasteiger partial charge in [-0.3, -0.25) is 0 Å². The number of rotatable bonds is 8. The summed E-state index contributed by atoms with van der Waals surface area (Å²) in [6.07, 6.45) is 0.00766. The van der Waals surface area contributed by atoms with Gasteiger partial charge in [-0.15, -0.1) is 18.3 Å². The first-order valence-corrected chi connectivity index (χ1v) is 10.1. The summed E-state index contributed by atoms with van der Waals surface area (Å²) in [7, 11) is 0. The molecule has 2 aromatic carbocycles. The predicted octanol–water partition coefficient (Wildman–Crippen LogP) is 3.07. The van der Waals surface area contributed by atoms with Crippen LogP contribution in [0, 0.1) is 0 Å². The highest BCUT2D eigenvalue weighted by Gasteiger charge is 2.47. The van der Waals surface area contributed by atoms with Crippen molar-refractivity contribution in [2.75, 3.05) is 13.2 Å².